The second kappa shape index (κ2) is 8.57. The van der Waals surface area contributed by atoms with Crippen molar-refractivity contribution in [1.82, 2.24) is 14.5 Å². The summed E-state index contributed by atoms with van der Waals surface area (Å²) in [5.41, 5.74) is 1.33. The van der Waals surface area contributed by atoms with Crippen molar-refractivity contribution in [3.63, 3.8) is 0 Å². The first-order chi connectivity index (χ1) is 15.6. The number of aromatic nitrogens is 2. The number of nitrogens with zero attached hydrogens (tertiary/aromatic N) is 3. The average molecular weight is 431 g/mol. The molecule has 164 valence electrons. The number of rotatable bonds is 4. The number of fused-ring (bicyclic) bond motifs is 2. The van der Waals surface area contributed by atoms with Crippen LogP contribution in [0.15, 0.2) is 53.3 Å². The van der Waals surface area contributed by atoms with Crippen molar-refractivity contribution in [2.24, 2.45) is 0 Å². The molecule has 32 heavy (non-hydrogen) atoms. The number of aryl methyl sites for hydroxylation is 1. The minimum absolute atomic E-state index is 0.0788. The molecule has 3 heterocycles. The second-order valence-electron chi connectivity index (χ2n) is 8.40. The maximum Gasteiger partial charge on any atom is 0.339 e. The lowest BCUT2D eigenvalue weighted by atomic mass is 10.1. The second-order valence-corrected chi connectivity index (χ2v) is 8.40. The smallest absolute Gasteiger partial charge is 0.339 e. The summed E-state index contributed by atoms with van der Waals surface area (Å²) in [5.74, 6) is -0.0526. The first-order valence-electron chi connectivity index (χ1n) is 11.2. The van der Waals surface area contributed by atoms with Gasteiger partial charge in [-0.1, -0.05) is 30.3 Å². The molecule has 2 aliphatic heterocycles. The third-order valence-electron chi connectivity index (χ3n) is 6.27. The number of esters is 1. The van der Waals surface area contributed by atoms with Crippen LogP contribution in [0, 0.1) is 0 Å². The SMILES string of the molecule is O=C(O[C@H](C(=O)N1CCCCC1)c1ccccc1)c1ccc2c(=O)n3c(nc2c1)CCC3. The molecule has 2 aliphatic rings. The molecular weight excluding hydrogens is 406 g/mol. The highest BCUT2D eigenvalue weighted by atomic mass is 16.5. The van der Waals surface area contributed by atoms with Crippen LogP contribution in [0.3, 0.4) is 0 Å². The summed E-state index contributed by atoms with van der Waals surface area (Å²) in [6.07, 6.45) is 3.66. The van der Waals surface area contributed by atoms with Crippen LogP contribution in [0.5, 0.6) is 0 Å². The first-order valence-corrected chi connectivity index (χ1v) is 11.2. The van der Waals surface area contributed by atoms with Gasteiger partial charge in [0, 0.05) is 31.6 Å². The Kier molecular flexibility index (Phi) is 5.47. The minimum Gasteiger partial charge on any atom is -0.444 e. The van der Waals surface area contributed by atoms with Crippen LogP contribution < -0.4 is 5.56 Å². The molecule has 1 atom stereocenters. The van der Waals surface area contributed by atoms with E-state index in [9.17, 15) is 14.4 Å². The van der Waals surface area contributed by atoms with Gasteiger partial charge in [-0.15, -0.1) is 0 Å². The minimum atomic E-state index is -1.00. The van der Waals surface area contributed by atoms with E-state index in [0.717, 1.165) is 37.9 Å². The number of carbonyl (C=O) groups is 2. The van der Waals surface area contributed by atoms with Gasteiger partial charge in [-0.2, -0.15) is 0 Å². The van der Waals surface area contributed by atoms with Crippen LogP contribution in [0.25, 0.3) is 10.9 Å². The number of piperidine rings is 1. The summed E-state index contributed by atoms with van der Waals surface area (Å²) < 4.78 is 7.47. The molecule has 0 radical (unpaired) electrons. The molecule has 0 N–H and O–H groups in total. The van der Waals surface area contributed by atoms with Crippen LogP contribution in [-0.2, 0) is 22.5 Å². The van der Waals surface area contributed by atoms with E-state index in [-0.39, 0.29) is 17.0 Å². The van der Waals surface area contributed by atoms with Crippen LogP contribution in [-0.4, -0.2) is 39.4 Å². The molecule has 0 bridgehead atoms. The van der Waals surface area contributed by atoms with E-state index in [0.29, 0.717) is 36.1 Å². The molecule has 7 heteroatoms. The van der Waals surface area contributed by atoms with Gasteiger partial charge < -0.3 is 9.64 Å². The number of amides is 1. The summed E-state index contributed by atoms with van der Waals surface area (Å²) in [7, 11) is 0. The molecule has 2 aromatic carbocycles. The van der Waals surface area contributed by atoms with E-state index >= 15 is 0 Å². The van der Waals surface area contributed by atoms with E-state index in [4.69, 9.17) is 4.74 Å². The largest absolute Gasteiger partial charge is 0.444 e. The fourth-order valence-corrected chi connectivity index (χ4v) is 4.55. The molecule has 1 fully saturated rings. The normalized spacial score (nSPS) is 16.6. The number of hydrogen-bond acceptors (Lipinski definition) is 5. The Labute approximate surface area is 185 Å². The number of hydrogen-bond donors (Lipinski definition) is 0. The third-order valence-corrected chi connectivity index (χ3v) is 6.27. The van der Waals surface area contributed by atoms with Gasteiger partial charge in [0.05, 0.1) is 16.5 Å². The first kappa shape index (κ1) is 20.4. The molecular formula is C25H25N3O4. The zero-order valence-corrected chi connectivity index (χ0v) is 17.8. The highest BCUT2D eigenvalue weighted by molar-refractivity contribution is 5.96. The average Bonchev–Trinajstić information content (AvgIpc) is 3.32. The van der Waals surface area contributed by atoms with Crippen LogP contribution in [0.4, 0.5) is 0 Å². The van der Waals surface area contributed by atoms with Crippen molar-refractivity contribution < 1.29 is 14.3 Å². The van der Waals surface area contributed by atoms with E-state index in [1.54, 1.807) is 39.8 Å². The number of likely N-dealkylation sites (tertiary alicyclic amines) is 1. The lowest BCUT2D eigenvalue weighted by molar-refractivity contribution is -0.142. The fourth-order valence-electron chi connectivity index (χ4n) is 4.55. The standard InChI is InChI=1S/C25H25N3O4/c29-23-19-12-11-18(16-20(19)26-21-10-7-15-28(21)23)25(31)32-22(17-8-3-1-4-9-17)24(30)27-13-5-2-6-14-27/h1,3-4,8-9,11-12,16,22H,2,5-7,10,13-15H2/t22-/m0/s1. The fraction of sp³-hybridized carbons (Fsp3) is 0.360. The molecule has 0 spiro atoms. The molecule has 1 aromatic heterocycles. The lowest BCUT2D eigenvalue weighted by Crippen LogP contribution is -2.40. The Bertz CT molecular complexity index is 1230. The Morgan fingerprint density at radius 3 is 2.50 bits per heavy atom. The third kappa shape index (κ3) is 3.79. The number of carbonyl (C=O) groups excluding carboxylic acids is 2. The lowest BCUT2D eigenvalue weighted by Gasteiger charge is -2.30. The summed E-state index contributed by atoms with van der Waals surface area (Å²) >= 11 is 0. The number of ether oxygens (including phenoxy) is 1. The summed E-state index contributed by atoms with van der Waals surface area (Å²) in [4.78, 5) is 45.4. The van der Waals surface area contributed by atoms with Crippen molar-refractivity contribution in [3.05, 3.63) is 75.8 Å². The maximum atomic E-state index is 13.2. The van der Waals surface area contributed by atoms with Crippen molar-refractivity contribution >= 4 is 22.8 Å². The Morgan fingerprint density at radius 2 is 1.72 bits per heavy atom. The Hall–Kier alpha value is -3.48. The van der Waals surface area contributed by atoms with Crippen molar-refractivity contribution in [3.8, 4) is 0 Å². The van der Waals surface area contributed by atoms with Crippen LogP contribution >= 0.6 is 0 Å². The molecule has 0 aliphatic carbocycles. The predicted molar refractivity (Wildman–Crippen MR) is 119 cm³/mol. The van der Waals surface area contributed by atoms with Gasteiger partial charge in [0.1, 0.15) is 5.82 Å². The van der Waals surface area contributed by atoms with Crippen LogP contribution in [0.2, 0.25) is 0 Å². The zero-order chi connectivity index (χ0) is 22.1. The van der Waals surface area contributed by atoms with E-state index in [1.807, 2.05) is 18.2 Å². The quantitative estimate of drug-likeness (QED) is 0.593. The topological polar surface area (TPSA) is 81.5 Å². The van der Waals surface area contributed by atoms with Gasteiger partial charge >= 0.3 is 5.97 Å². The summed E-state index contributed by atoms with van der Waals surface area (Å²) in [6, 6.07) is 13.9. The molecule has 0 unspecified atom stereocenters. The van der Waals surface area contributed by atoms with Gasteiger partial charge in [-0.3, -0.25) is 14.2 Å². The highest BCUT2D eigenvalue weighted by Crippen LogP contribution is 2.25. The van der Waals surface area contributed by atoms with Crippen molar-refractivity contribution in [2.45, 2.75) is 44.8 Å². The van der Waals surface area contributed by atoms with Crippen molar-refractivity contribution in [2.75, 3.05) is 13.1 Å². The number of benzene rings is 2. The summed E-state index contributed by atoms with van der Waals surface area (Å²) in [5, 5.41) is 0.483. The van der Waals surface area contributed by atoms with Gasteiger partial charge in [0.2, 0.25) is 6.10 Å². The molecule has 7 nitrogen and oxygen atoms in total. The summed E-state index contributed by atoms with van der Waals surface area (Å²) in [6.45, 7) is 2.03. The Morgan fingerprint density at radius 1 is 0.938 bits per heavy atom. The molecule has 3 aromatic rings. The van der Waals surface area contributed by atoms with Gasteiger partial charge in [-0.25, -0.2) is 9.78 Å². The van der Waals surface area contributed by atoms with Gasteiger partial charge in [-0.05, 0) is 43.9 Å². The molecule has 1 amide bonds. The monoisotopic (exact) mass is 431 g/mol. The molecule has 5 rings (SSSR count). The molecule has 1 saturated heterocycles. The Balaban J connectivity index is 1.45. The van der Waals surface area contributed by atoms with Crippen LogP contribution in [0.1, 0.15) is 53.5 Å². The van der Waals surface area contributed by atoms with Gasteiger partial charge in [0.15, 0.2) is 0 Å². The van der Waals surface area contributed by atoms with Gasteiger partial charge in [0.25, 0.3) is 11.5 Å². The zero-order valence-electron chi connectivity index (χ0n) is 17.8. The van der Waals surface area contributed by atoms with E-state index < -0.39 is 12.1 Å². The predicted octanol–water partition coefficient (Wildman–Crippen LogP) is 3.25. The highest BCUT2D eigenvalue weighted by Gasteiger charge is 2.31. The van der Waals surface area contributed by atoms with E-state index in [2.05, 4.69) is 4.98 Å². The van der Waals surface area contributed by atoms with E-state index in [1.165, 1.54) is 0 Å². The molecule has 0 saturated carbocycles. The maximum absolute atomic E-state index is 13.2. The van der Waals surface area contributed by atoms with Crippen molar-refractivity contribution in [1.29, 1.82) is 0 Å².